The summed E-state index contributed by atoms with van der Waals surface area (Å²) in [7, 11) is 2.01. The molecule has 1 unspecified atom stereocenters. The number of hydrogen-bond acceptors (Lipinski definition) is 4. The fourth-order valence-corrected chi connectivity index (χ4v) is 0.952. The Bertz CT molecular complexity index is 317. The van der Waals surface area contributed by atoms with Crippen molar-refractivity contribution >= 4 is 15.4 Å². The Morgan fingerprint density at radius 2 is 1.93 bits per heavy atom. The maximum atomic E-state index is 10.5. The van der Waals surface area contributed by atoms with E-state index < -0.39 is 5.97 Å². The van der Waals surface area contributed by atoms with Gasteiger partial charge < -0.3 is 14.8 Å². The third kappa shape index (κ3) is 3.82. The van der Waals surface area contributed by atoms with Crippen LogP contribution in [0.5, 0.6) is 5.75 Å². The van der Waals surface area contributed by atoms with Gasteiger partial charge in [0.2, 0.25) is 0 Å². The maximum Gasteiger partial charge on any atom is 0.339 e. The first kappa shape index (κ1) is 12.3. The van der Waals surface area contributed by atoms with E-state index in [1.807, 2.05) is 9.47 Å². The van der Waals surface area contributed by atoms with Crippen molar-refractivity contribution in [2.24, 2.45) is 5.34 Å². The van der Waals surface area contributed by atoms with E-state index in [4.69, 9.17) is 19.7 Å². The fourth-order valence-electron chi connectivity index (χ4n) is 0.746. The number of carbonyl (C=O) groups is 1. The lowest BCUT2D eigenvalue weighted by molar-refractivity contribution is 0.0695. The van der Waals surface area contributed by atoms with Crippen LogP contribution in [0.3, 0.4) is 0 Å². The van der Waals surface area contributed by atoms with E-state index in [0.29, 0.717) is 5.75 Å². The van der Waals surface area contributed by atoms with Crippen LogP contribution < -0.4 is 4.52 Å². The molecule has 2 N–H and O–H groups in total. The summed E-state index contributed by atoms with van der Waals surface area (Å²) in [5.74, 6) is -0.631. The first-order valence-electron chi connectivity index (χ1n) is 3.33. The number of benzene rings is 1. The zero-order chi connectivity index (χ0) is 11.0. The van der Waals surface area contributed by atoms with Crippen molar-refractivity contribution in [1.82, 2.24) is 0 Å². The monoisotopic (exact) mass is 217 g/mol. The summed E-state index contributed by atoms with van der Waals surface area (Å²) in [5.41, 5.74) is 0.169. The minimum Gasteiger partial charge on any atom is -0.479 e. The van der Waals surface area contributed by atoms with Gasteiger partial charge in [-0.25, -0.2) is 4.79 Å². The molecule has 0 aliphatic rings. The third-order valence-corrected chi connectivity index (χ3v) is 1.50. The van der Waals surface area contributed by atoms with Crippen molar-refractivity contribution in [3.05, 3.63) is 34.7 Å². The topological polar surface area (TPSA) is 96.2 Å². The lowest BCUT2D eigenvalue weighted by Gasteiger charge is -2.01. The molecule has 0 saturated heterocycles. The lowest BCUT2D eigenvalue weighted by atomic mass is 10.2. The van der Waals surface area contributed by atoms with E-state index in [-0.39, 0.29) is 5.56 Å². The van der Waals surface area contributed by atoms with Gasteiger partial charge in [-0.1, -0.05) is 12.1 Å². The van der Waals surface area contributed by atoms with Gasteiger partial charge >= 0.3 is 5.97 Å². The second kappa shape index (κ2) is 6.80. The molecule has 0 spiro atoms. The molecule has 7 heteroatoms. The van der Waals surface area contributed by atoms with Crippen LogP contribution in [-0.2, 0) is 0 Å². The minimum absolute atomic E-state index is 0.169. The minimum atomic E-state index is -0.983. The SMILES string of the molecule is O=C(O)c1ccccc1OP.O=NO. The van der Waals surface area contributed by atoms with Crippen molar-refractivity contribution in [3.8, 4) is 5.75 Å². The van der Waals surface area contributed by atoms with Gasteiger partial charge in [0, 0.05) is 0 Å². The Morgan fingerprint density at radius 1 is 1.43 bits per heavy atom. The van der Waals surface area contributed by atoms with Gasteiger partial charge in [0.25, 0.3) is 0 Å². The molecule has 6 nitrogen and oxygen atoms in total. The van der Waals surface area contributed by atoms with E-state index >= 15 is 0 Å². The highest BCUT2D eigenvalue weighted by Crippen LogP contribution is 2.19. The largest absolute Gasteiger partial charge is 0.479 e. The molecule has 0 bridgehead atoms. The van der Waals surface area contributed by atoms with Crippen molar-refractivity contribution in [3.63, 3.8) is 0 Å². The van der Waals surface area contributed by atoms with Crippen LogP contribution in [-0.4, -0.2) is 16.3 Å². The molecular formula is C7H8NO5P. The van der Waals surface area contributed by atoms with E-state index in [1.165, 1.54) is 11.4 Å². The Kier molecular flexibility index (Phi) is 5.98. The Labute approximate surface area is 81.7 Å². The zero-order valence-corrected chi connectivity index (χ0v) is 8.11. The first-order valence-corrected chi connectivity index (χ1v) is 3.80. The van der Waals surface area contributed by atoms with Gasteiger partial charge in [0.05, 0.1) is 9.47 Å². The third-order valence-electron chi connectivity index (χ3n) is 1.24. The summed E-state index contributed by atoms with van der Waals surface area (Å²) in [4.78, 5) is 18.6. The quantitative estimate of drug-likeness (QED) is 0.446. The molecule has 0 fully saturated rings. The van der Waals surface area contributed by atoms with E-state index in [2.05, 4.69) is 0 Å². The van der Waals surface area contributed by atoms with Gasteiger partial charge in [-0.05, 0) is 12.1 Å². The van der Waals surface area contributed by atoms with Gasteiger partial charge in [0.15, 0.2) is 5.34 Å². The van der Waals surface area contributed by atoms with Crippen molar-refractivity contribution in [2.75, 3.05) is 0 Å². The molecule has 1 atom stereocenters. The van der Waals surface area contributed by atoms with Crippen LogP contribution >= 0.6 is 9.47 Å². The van der Waals surface area contributed by atoms with Gasteiger partial charge in [-0.2, -0.15) is 0 Å². The molecule has 1 aromatic rings. The van der Waals surface area contributed by atoms with Crippen LogP contribution in [0.2, 0.25) is 0 Å². The summed E-state index contributed by atoms with van der Waals surface area (Å²) in [6, 6.07) is 6.45. The number of carboxylic acids is 1. The smallest absolute Gasteiger partial charge is 0.339 e. The zero-order valence-electron chi connectivity index (χ0n) is 6.95. The predicted molar refractivity (Wildman–Crippen MR) is 51.3 cm³/mol. The number of nitrogens with zero attached hydrogens (tertiary/aromatic N) is 1. The highest BCUT2D eigenvalue weighted by atomic mass is 31.0. The maximum absolute atomic E-state index is 10.5. The summed E-state index contributed by atoms with van der Waals surface area (Å²) >= 11 is 0. The second-order valence-corrected chi connectivity index (χ2v) is 2.24. The molecule has 0 aliphatic heterocycles. The molecule has 0 heterocycles. The Morgan fingerprint density at radius 3 is 2.29 bits per heavy atom. The highest BCUT2D eigenvalue weighted by molar-refractivity contribution is 7.10. The van der Waals surface area contributed by atoms with Gasteiger partial charge in [0.1, 0.15) is 11.3 Å². The van der Waals surface area contributed by atoms with Crippen molar-refractivity contribution < 1.29 is 19.6 Å². The second-order valence-electron chi connectivity index (χ2n) is 2.00. The normalized spacial score (nSPS) is 8.07. The summed E-state index contributed by atoms with van der Waals surface area (Å²) < 4.78 is 4.74. The van der Waals surface area contributed by atoms with Crippen LogP contribution in [0.1, 0.15) is 10.4 Å². The van der Waals surface area contributed by atoms with E-state index in [1.54, 1.807) is 18.2 Å². The van der Waals surface area contributed by atoms with Crippen LogP contribution in [0, 0.1) is 4.91 Å². The lowest BCUT2D eigenvalue weighted by Crippen LogP contribution is -1.97. The van der Waals surface area contributed by atoms with Crippen LogP contribution in [0.4, 0.5) is 0 Å². The van der Waals surface area contributed by atoms with Gasteiger partial charge in [-0.15, -0.1) is 4.91 Å². The first-order chi connectivity index (χ1) is 6.67. The number of aromatic carboxylic acids is 1. The standard InChI is InChI=1S/C7H7O3P.HNO2/c8-7(9)5-3-1-2-4-6(5)10-11;2-1-3/h1-4H,11H2,(H,8,9);(H,2,3). The molecule has 1 rings (SSSR count). The average molecular weight is 217 g/mol. The molecule has 0 aromatic heterocycles. The highest BCUT2D eigenvalue weighted by Gasteiger charge is 2.07. The van der Waals surface area contributed by atoms with Crippen molar-refractivity contribution in [2.45, 2.75) is 0 Å². The number of para-hydroxylation sites is 1. The van der Waals surface area contributed by atoms with E-state index in [9.17, 15) is 4.79 Å². The molecule has 0 aliphatic carbocycles. The van der Waals surface area contributed by atoms with Crippen LogP contribution in [0.25, 0.3) is 0 Å². The fraction of sp³-hybridized carbons (Fsp3) is 0. The number of rotatable bonds is 2. The van der Waals surface area contributed by atoms with Gasteiger partial charge in [-0.3, -0.25) is 0 Å². The Balaban J connectivity index is 0.000000500. The molecule has 76 valence electrons. The summed E-state index contributed by atoms with van der Waals surface area (Å²) in [6.07, 6.45) is 0. The predicted octanol–water partition coefficient (Wildman–Crippen LogP) is 1.70. The Hall–Kier alpha value is -1.68. The molecule has 0 amide bonds. The molecule has 1 aromatic carbocycles. The number of carboxylic acid groups (broad SMARTS) is 1. The molecular weight excluding hydrogens is 209 g/mol. The molecule has 0 saturated carbocycles. The average Bonchev–Trinajstić information content (AvgIpc) is 2.19. The van der Waals surface area contributed by atoms with E-state index in [0.717, 1.165) is 0 Å². The van der Waals surface area contributed by atoms with Crippen LogP contribution in [0.15, 0.2) is 29.6 Å². The molecule has 14 heavy (non-hydrogen) atoms. The van der Waals surface area contributed by atoms with Crippen molar-refractivity contribution in [1.29, 1.82) is 0 Å². The summed E-state index contributed by atoms with van der Waals surface area (Å²) in [6.45, 7) is 0. The number of hydrogen-bond donors (Lipinski definition) is 2. The summed E-state index contributed by atoms with van der Waals surface area (Å²) in [5, 5.41) is 16.5. The molecule has 0 radical (unpaired) electrons.